The molecule has 1 amide bonds. The first kappa shape index (κ1) is 15.6. The van der Waals surface area contributed by atoms with Crippen molar-refractivity contribution in [2.75, 3.05) is 30.9 Å². The van der Waals surface area contributed by atoms with Gasteiger partial charge >= 0.3 is 5.69 Å². The lowest BCUT2D eigenvalue weighted by Gasteiger charge is -2.18. The van der Waals surface area contributed by atoms with Crippen LogP contribution in [0.2, 0.25) is 0 Å². The fourth-order valence-corrected chi connectivity index (χ4v) is 1.66. The van der Waals surface area contributed by atoms with E-state index in [-0.39, 0.29) is 35.8 Å². The lowest BCUT2D eigenvalue weighted by molar-refractivity contribution is -0.383. The van der Waals surface area contributed by atoms with Crippen LogP contribution < -0.4 is 15.5 Å². The molecule has 2 N–H and O–H groups in total. The van der Waals surface area contributed by atoms with Crippen molar-refractivity contribution in [3.05, 3.63) is 16.4 Å². The molecule has 0 saturated heterocycles. The molecule has 1 rings (SSSR count). The Morgan fingerprint density at radius 1 is 1.50 bits per heavy atom. The van der Waals surface area contributed by atoms with Crippen molar-refractivity contribution in [3.63, 3.8) is 0 Å². The van der Waals surface area contributed by atoms with Gasteiger partial charge in [0.05, 0.1) is 11.5 Å². The number of rotatable bonds is 6. The molecule has 0 saturated carbocycles. The number of aromatic nitrogens is 2. The summed E-state index contributed by atoms with van der Waals surface area (Å²) in [7, 11) is 3.10. The highest BCUT2D eigenvalue weighted by atomic mass is 16.6. The van der Waals surface area contributed by atoms with Crippen molar-refractivity contribution in [1.29, 1.82) is 0 Å². The molecule has 0 unspecified atom stereocenters. The molecule has 0 aliphatic heterocycles. The zero-order valence-electron chi connectivity index (χ0n) is 11.9. The van der Waals surface area contributed by atoms with Crippen LogP contribution in [0.15, 0.2) is 6.33 Å². The fraction of sp³-hybridized carbons (Fsp3) is 0.545. The SMILES string of the molecule is CNc1ncnc(N(C)CC(=O)NC(C)C)c1[N+](=O)[O-]. The van der Waals surface area contributed by atoms with Gasteiger partial charge in [-0.3, -0.25) is 14.9 Å². The van der Waals surface area contributed by atoms with Crippen molar-refractivity contribution in [2.45, 2.75) is 19.9 Å². The van der Waals surface area contributed by atoms with Gasteiger partial charge in [0.2, 0.25) is 17.5 Å². The van der Waals surface area contributed by atoms with E-state index in [0.29, 0.717) is 0 Å². The van der Waals surface area contributed by atoms with Gasteiger partial charge in [0.25, 0.3) is 0 Å². The third kappa shape index (κ3) is 3.77. The van der Waals surface area contributed by atoms with Crippen LogP contribution in [0.25, 0.3) is 0 Å². The number of amides is 1. The number of anilines is 2. The molecule has 0 fully saturated rings. The van der Waals surface area contributed by atoms with Crippen LogP contribution >= 0.6 is 0 Å². The number of hydrogen-bond donors (Lipinski definition) is 2. The average Bonchev–Trinajstić information content (AvgIpc) is 2.36. The van der Waals surface area contributed by atoms with Crippen LogP contribution in [-0.4, -0.2) is 47.5 Å². The van der Waals surface area contributed by atoms with Gasteiger partial charge in [-0.05, 0) is 13.8 Å². The van der Waals surface area contributed by atoms with Gasteiger partial charge in [-0.15, -0.1) is 0 Å². The molecule has 0 aliphatic carbocycles. The van der Waals surface area contributed by atoms with Crippen molar-refractivity contribution < 1.29 is 9.72 Å². The normalized spacial score (nSPS) is 10.2. The lowest BCUT2D eigenvalue weighted by Crippen LogP contribution is -2.39. The average molecular weight is 282 g/mol. The summed E-state index contributed by atoms with van der Waals surface area (Å²) >= 11 is 0. The number of likely N-dealkylation sites (N-methyl/N-ethyl adjacent to an activating group) is 1. The summed E-state index contributed by atoms with van der Waals surface area (Å²) in [5, 5.41) is 16.5. The highest BCUT2D eigenvalue weighted by Crippen LogP contribution is 2.30. The minimum absolute atomic E-state index is 0.00385. The fourth-order valence-electron chi connectivity index (χ4n) is 1.66. The van der Waals surface area contributed by atoms with Gasteiger partial charge in [-0.2, -0.15) is 0 Å². The first-order chi connectivity index (χ1) is 9.36. The van der Waals surface area contributed by atoms with Crippen LogP contribution in [-0.2, 0) is 4.79 Å². The highest BCUT2D eigenvalue weighted by Gasteiger charge is 2.25. The van der Waals surface area contributed by atoms with Gasteiger partial charge in [-0.25, -0.2) is 9.97 Å². The number of nitro groups is 1. The molecule has 0 aliphatic rings. The monoisotopic (exact) mass is 282 g/mol. The Labute approximate surface area is 116 Å². The maximum absolute atomic E-state index is 11.7. The second-order valence-electron chi connectivity index (χ2n) is 4.48. The quantitative estimate of drug-likeness (QED) is 0.573. The third-order valence-corrected chi connectivity index (χ3v) is 2.41. The molecular formula is C11H18N6O3. The Balaban J connectivity index is 3.01. The molecule has 20 heavy (non-hydrogen) atoms. The van der Waals surface area contributed by atoms with E-state index < -0.39 is 4.92 Å². The van der Waals surface area contributed by atoms with Gasteiger partial charge in [0, 0.05) is 20.1 Å². The standard InChI is InChI=1S/C11H18N6O3/c1-7(2)15-8(18)5-16(4)11-9(17(19)20)10(12-3)13-6-14-11/h6-7H,5H2,1-4H3,(H,15,18)(H,12,13,14). The Morgan fingerprint density at radius 2 is 2.15 bits per heavy atom. The molecular weight excluding hydrogens is 264 g/mol. The summed E-state index contributed by atoms with van der Waals surface area (Å²) in [4.78, 5) is 31.4. The summed E-state index contributed by atoms with van der Waals surface area (Å²) in [5.74, 6) is -0.0363. The zero-order valence-corrected chi connectivity index (χ0v) is 11.9. The smallest absolute Gasteiger partial charge is 0.353 e. The number of hydrogen-bond acceptors (Lipinski definition) is 7. The van der Waals surface area contributed by atoms with Crippen molar-refractivity contribution >= 4 is 23.2 Å². The molecule has 0 radical (unpaired) electrons. The molecule has 0 spiro atoms. The zero-order chi connectivity index (χ0) is 15.3. The molecule has 9 nitrogen and oxygen atoms in total. The minimum atomic E-state index is -0.571. The van der Waals surface area contributed by atoms with E-state index in [9.17, 15) is 14.9 Å². The van der Waals surface area contributed by atoms with Gasteiger partial charge in [-0.1, -0.05) is 0 Å². The van der Waals surface area contributed by atoms with Crippen molar-refractivity contribution in [2.24, 2.45) is 0 Å². The highest BCUT2D eigenvalue weighted by molar-refractivity contribution is 5.82. The number of carbonyl (C=O) groups is 1. The molecule has 110 valence electrons. The van der Waals surface area contributed by atoms with Gasteiger partial charge < -0.3 is 15.5 Å². The Morgan fingerprint density at radius 3 is 2.65 bits per heavy atom. The summed E-state index contributed by atoms with van der Waals surface area (Å²) < 4.78 is 0. The molecule has 1 aromatic rings. The van der Waals surface area contributed by atoms with Crippen LogP contribution in [0.5, 0.6) is 0 Å². The van der Waals surface area contributed by atoms with E-state index >= 15 is 0 Å². The molecule has 0 aromatic carbocycles. The van der Waals surface area contributed by atoms with Crippen LogP contribution in [0.4, 0.5) is 17.3 Å². The largest absolute Gasteiger partial charge is 0.367 e. The summed E-state index contributed by atoms with van der Waals surface area (Å²) in [6, 6.07) is 0.00385. The minimum Gasteiger partial charge on any atom is -0.367 e. The lowest BCUT2D eigenvalue weighted by atomic mass is 10.3. The summed E-state index contributed by atoms with van der Waals surface area (Å²) in [6.45, 7) is 3.65. The van der Waals surface area contributed by atoms with E-state index in [1.54, 1.807) is 7.05 Å². The van der Waals surface area contributed by atoms with Crippen LogP contribution in [0.1, 0.15) is 13.8 Å². The Kier molecular flexibility index (Phi) is 5.18. The maximum atomic E-state index is 11.7. The third-order valence-electron chi connectivity index (χ3n) is 2.41. The van der Waals surface area contributed by atoms with E-state index in [4.69, 9.17) is 0 Å². The van der Waals surface area contributed by atoms with Gasteiger partial charge in [0.1, 0.15) is 6.33 Å². The van der Waals surface area contributed by atoms with Crippen molar-refractivity contribution in [1.82, 2.24) is 15.3 Å². The van der Waals surface area contributed by atoms with Crippen LogP contribution in [0.3, 0.4) is 0 Å². The molecule has 0 bridgehead atoms. The van der Waals surface area contributed by atoms with E-state index in [1.165, 1.54) is 18.3 Å². The van der Waals surface area contributed by atoms with E-state index in [1.807, 2.05) is 13.8 Å². The van der Waals surface area contributed by atoms with Crippen LogP contribution in [0, 0.1) is 10.1 Å². The number of nitrogens with zero attached hydrogens (tertiary/aromatic N) is 4. The molecule has 1 aromatic heterocycles. The first-order valence-electron chi connectivity index (χ1n) is 6.04. The maximum Gasteiger partial charge on any atom is 0.353 e. The molecule has 0 atom stereocenters. The molecule has 1 heterocycles. The topological polar surface area (TPSA) is 113 Å². The number of nitrogens with one attached hydrogen (secondary N) is 2. The van der Waals surface area contributed by atoms with E-state index in [2.05, 4.69) is 20.6 Å². The Hall–Kier alpha value is -2.45. The summed E-state index contributed by atoms with van der Waals surface area (Å²) in [6.07, 6.45) is 1.21. The first-order valence-corrected chi connectivity index (χ1v) is 6.04. The second-order valence-corrected chi connectivity index (χ2v) is 4.48. The summed E-state index contributed by atoms with van der Waals surface area (Å²) in [5.41, 5.74) is -0.255. The Bertz CT molecular complexity index is 505. The van der Waals surface area contributed by atoms with Gasteiger partial charge in [0.15, 0.2) is 0 Å². The molecule has 9 heteroatoms. The second kappa shape index (κ2) is 6.64. The van der Waals surface area contributed by atoms with Crippen molar-refractivity contribution in [3.8, 4) is 0 Å². The predicted molar refractivity (Wildman–Crippen MR) is 74.8 cm³/mol. The van der Waals surface area contributed by atoms with E-state index in [0.717, 1.165) is 0 Å². The number of carbonyl (C=O) groups excluding carboxylic acids is 1. The predicted octanol–water partition coefficient (Wildman–Crippen LogP) is 0.387.